The molecule has 3 heterocycles. The lowest BCUT2D eigenvalue weighted by Gasteiger charge is -2.44. The molecule has 2 amide bonds. The lowest BCUT2D eigenvalue weighted by atomic mass is 9.75. The molecule has 2 bridgehead atoms. The van der Waals surface area contributed by atoms with Crippen LogP contribution in [0.3, 0.4) is 0 Å². The Bertz CT molecular complexity index is 1690. The van der Waals surface area contributed by atoms with Gasteiger partial charge in [-0.15, -0.1) is 0 Å². The van der Waals surface area contributed by atoms with Gasteiger partial charge in [0.05, 0.1) is 24.3 Å². The van der Waals surface area contributed by atoms with Gasteiger partial charge in [-0.2, -0.15) is 17.5 Å². The summed E-state index contributed by atoms with van der Waals surface area (Å²) >= 11 is 6.11. The van der Waals surface area contributed by atoms with E-state index < -0.39 is 76.1 Å². The Kier molecular flexibility index (Phi) is 12.5. The number of nitrogens with two attached hydrogens (primary N) is 1. The number of hydrogen-bond donors (Lipinski definition) is 2. The Balaban J connectivity index is 1.36. The maximum Gasteiger partial charge on any atom is 0.410 e. The van der Waals surface area contributed by atoms with Crippen LogP contribution in [0.4, 0.5) is 28.0 Å². The van der Waals surface area contributed by atoms with Crippen LogP contribution in [0, 0.1) is 11.7 Å². The van der Waals surface area contributed by atoms with Gasteiger partial charge in [0.15, 0.2) is 0 Å². The number of nitrogens with zero attached hydrogens (tertiary/aromatic N) is 2. The van der Waals surface area contributed by atoms with Crippen LogP contribution in [0.25, 0.3) is 0 Å². The second-order valence-corrected chi connectivity index (χ2v) is 17.4. The van der Waals surface area contributed by atoms with Crippen molar-refractivity contribution in [2.45, 2.75) is 108 Å². The maximum absolute atomic E-state index is 15.5. The van der Waals surface area contributed by atoms with Crippen LogP contribution in [0.2, 0.25) is 5.02 Å². The minimum absolute atomic E-state index is 0.0146. The highest BCUT2D eigenvalue weighted by Crippen LogP contribution is 2.40. The SMILES string of the molecule is CC(C)(C)OC(=O)N1CC(CCc2c(F)cccc2NC(=O)C(N)C(c2ccc(Cl)cc2)C2CCOC(CC(F)(F)F)C2)N2CC1CCCS2(=O)=O. The van der Waals surface area contributed by atoms with Gasteiger partial charge in [-0.05, 0) is 95.0 Å². The van der Waals surface area contributed by atoms with Crippen LogP contribution < -0.4 is 11.1 Å². The van der Waals surface area contributed by atoms with Gasteiger partial charge in [0.25, 0.3) is 0 Å². The van der Waals surface area contributed by atoms with Crippen LogP contribution in [0.5, 0.6) is 0 Å². The van der Waals surface area contributed by atoms with Gasteiger partial charge < -0.3 is 25.4 Å². The standard InChI is InChI=1S/C36H47ClF4N4O6S/c1-35(2,3)51-34(47)44-20-26(45-21-25(44)6-5-17-52(45,48)49)13-14-28-29(38)7-4-8-30(28)43-33(46)32(42)31(22-9-11-24(37)12-10-22)23-15-16-50-27(18-23)19-36(39,40)41/h4,7-12,23,25-27,31-32H,5-6,13-21,42H2,1-3H3,(H,43,46). The van der Waals surface area contributed by atoms with Gasteiger partial charge >= 0.3 is 12.3 Å². The summed E-state index contributed by atoms with van der Waals surface area (Å²) in [6.45, 7) is 5.48. The summed E-state index contributed by atoms with van der Waals surface area (Å²) in [5, 5.41) is 3.19. The fraction of sp³-hybridized carbons (Fsp3) is 0.611. The molecule has 7 unspecified atom stereocenters. The molecule has 3 aliphatic rings. The average molecular weight is 775 g/mol. The summed E-state index contributed by atoms with van der Waals surface area (Å²) in [5.74, 6) is -2.52. The molecule has 3 N–H and O–H groups in total. The van der Waals surface area contributed by atoms with E-state index in [1.54, 1.807) is 49.9 Å². The molecule has 0 spiro atoms. The Morgan fingerprint density at radius 3 is 2.48 bits per heavy atom. The highest BCUT2D eigenvalue weighted by Gasteiger charge is 2.45. The first-order chi connectivity index (χ1) is 24.3. The zero-order valence-electron chi connectivity index (χ0n) is 29.5. The van der Waals surface area contributed by atoms with Crippen LogP contribution in [0.1, 0.15) is 76.3 Å². The first-order valence-electron chi connectivity index (χ1n) is 17.6. The molecule has 3 saturated heterocycles. The molecule has 2 aromatic carbocycles. The number of alkyl halides is 3. The van der Waals surface area contributed by atoms with Crippen molar-refractivity contribution in [3.63, 3.8) is 0 Å². The number of halogens is 5. The van der Waals surface area contributed by atoms with Gasteiger partial charge in [-0.3, -0.25) is 4.79 Å². The molecule has 0 aromatic heterocycles. The van der Waals surface area contributed by atoms with E-state index in [0.717, 1.165) is 0 Å². The van der Waals surface area contributed by atoms with Gasteiger partial charge in [0.1, 0.15) is 11.4 Å². The second-order valence-electron chi connectivity index (χ2n) is 15.0. The summed E-state index contributed by atoms with van der Waals surface area (Å²) in [6, 6.07) is 8.50. The number of sulfonamides is 1. The number of anilines is 1. The molecule has 10 nitrogen and oxygen atoms in total. The van der Waals surface area contributed by atoms with Gasteiger partial charge in [0, 0.05) is 54.0 Å². The third-order valence-electron chi connectivity index (χ3n) is 9.99. The van der Waals surface area contributed by atoms with Crippen molar-refractivity contribution in [3.8, 4) is 0 Å². The Labute approximate surface area is 307 Å². The van der Waals surface area contributed by atoms with Crippen LogP contribution in [-0.4, -0.2) is 91.1 Å². The summed E-state index contributed by atoms with van der Waals surface area (Å²) < 4.78 is 94.4. The molecule has 3 fully saturated rings. The number of amides is 2. The molecule has 7 atom stereocenters. The lowest BCUT2D eigenvalue weighted by Crippen LogP contribution is -2.60. The second kappa shape index (κ2) is 16.2. The van der Waals surface area contributed by atoms with E-state index in [0.29, 0.717) is 29.8 Å². The quantitative estimate of drug-likeness (QED) is 0.274. The first-order valence-corrected chi connectivity index (χ1v) is 19.6. The predicted octanol–water partition coefficient (Wildman–Crippen LogP) is 6.62. The van der Waals surface area contributed by atoms with E-state index in [1.165, 1.54) is 22.5 Å². The fourth-order valence-corrected chi connectivity index (χ4v) is 9.54. The van der Waals surface area contributed by atoms with E-state index in [4.69, 9.17) is 26.8 Å². The molecule has 0 saturated carbocycles. The van der Waals surface area contributed by atoms with Gasteiger partial charge in [0.2, 0.25) is 15.9 Å². The normalized spacial score (nSPS) is 26.2. The van der Waals surface area contributed by atoms with Crippen molar-refractivity contribution in [2.24, 2.45) is 11.7 Å². The van der Waals surface area contributed by atoms with E-state index >= 15 is 4.39 Å². The molecule has 0 radical (unpaired) electrons. The minimum Gasteiger partial charge on any atom is -0.444 e. The molecule has 2 aromatic rings. The van der Waals surface area contributed by atoms with Crippen molar-refractivity contribution in [2.75, 3.05) is 30.8 Å². The number of piperazine rings is 1. The Hall–Kier alpha value is -2.98. The number of hydrogen-bond acceptors (Lipinski definition) is 7. The number of benzene rings is 2. The average Bonchev–Trinajstić information content (AvgIpc) is 3.16. The van der Waals surface area contributed by atoms with E-state index in [1.807, 2.05) is 0 Å². The van der Waals surface area contributed by atoms with E-state index in [9.17, 15) is 31.2 Å². The number of fused-ring (bicyclic) bond motifs is 2. The van der Waals surface area contributed by atoms with Crippen molar-refractivity contribution in [3.05, 3.63) is 64.4 Å². The monoisotopic (exact) mass is 774 g/mol. The molecule has 5 rings (SSSR count). The Morgan fingerprint density at radius 2 is 1.81 bits per heavy atom. The van der Waals surface area contributed by atoms with E-state index in [2.05, 4.69) is 5.32 Å². The Morgan fingerprint density at radius 1 is 1.10 bits per heavy atom. The molecular formula is C36H47ClF4N4O6S. The van der Waals surface area contributed by atoms with Crippen molar-refractivity contribution < 1.29 is 45.0 Å². The lowest BCUT2D eigenvalue weighted by molar-refractivity contribution is -0.169. The summed E-state index contributed by atoms with van der Waals surface area (Å²) in [5.41, 5.74) is 6.74. The molecular weight excluding hydrogens is 728 g/mol. The van der Waals surface area contributed by atoms with Crippen molar-refractivity contribution in [1.29, 1.82) is 0 Å². The molecule has 288 valence electrons. The predicted molar refractivity (Wildman–Crippen MR) is 189 cm³/mol. The van der Waals surface area contributed by atoms with Crippen molar-refractivity contribution in [1.82, 2.24) is 9.21 Å². The third-order valence-corrected chi connectivity index (χ3v) is 12.2. The minimum atomic E-state index is -4.43. The molecule has 16 heteroatoms. The topological polar surface area (TPSA) is 131 Å². The number of carbonyl (C=O) groups is 2. The summed E-state index contributed by atoms with van der Waals surface area (Å²) in [7, 11) is -3.65. The zero-order chi connectivity index (χ0) is 38.0. The third kappa shape index (κ3) is 10.2. The largest absolute Gasteiger partial charge is 0.444 e. The molecule has 0 aliphatic carbocycles. The van der Waals surface area contributed by atoms with Crippen LogP contribution in [-0.2, 0) is 30.7 Å². The van der Waals surface area contributed by atoms with E-state index in [-0.39, 0.29) is 62.0 Å². The number of nitrogens with one attached hydrogen (secondary N) is 1. The zero-order valence-corrected chi connectivity index (χ0v) is 31.1. The van der Waals surface area contributed by atoms with Gasteiger partial charge in [-0.25, -0.2) is 17.6 Å². The highest BCUT2D eigenvalue weighted by molar-refractivity contribution is 7.89. The van der Waals surface area contributed by atoms with Crippen molar-refractivity contribution >= 4 is 39.3 Å². The number of carbonyl (C=O) groups excluding carboxylic acids is 2. The smallest absolute Gasteiger partial charge is 0.410 e. The summed E-state index contributed by atoms with van der Waals surface area (Å²) in [6.07, 6.45) is -5.76. The highest BCUT2D eigenvalue weighted by atomic mass is 35.5. The molecule has 3 aliphatic heterocycles. The first kappa shape index (κ1) is 40.2. The maximum atomic E-state index is 15.5. The van der Waals surface area contributed by atoms with Gasteiger partial charge in [-0.1, -0.05) is 29.8 Å². The van der Waals surface area contributed by atoms with Crippen LogP contribution >= 0.6 is 11.6 Å². The summed E-state index contributed by atoms with van der Waals surface area (Å²) in [4.78, 5) is 28.7. The number of ether oxygens (including phenoxy) is 2. The molecule has 52 heavy (non-hydrogen) atoms. The fourth-order valence-electron chi connectivity index (χ4n) is 7.62. The van der Waals surface area contributed by atoms with Crippen LogP contribution in [0.15, 0.2) is 42.5 Å². The number of rotatable bonds is 9.